The SMILES string of the molecule is OC(CNc1cc(Cl)ccc1Br)c1ccc(F)c(F)c1. The van der Waals surface area contributed by atoms with Crippen molar-refractivity contribution < 1.29 is 13.9 Å². The highest BCUT2D eigenvalue weighted by Crippen LogP contribution is 2.26. The number of halogens is 4. The number of aliphatic hydroxyl groups is 1. The number of hydrogen-bond donors (Lipinski definition) is 2. The summed E-state index contributed by atoms with van der Waals surface area (Å²) in [7, 11) is 0. The van der Waals surface area contributed by atoms with Crippen molar-refractivity contribution in [2.24, 2.45) is 0 Å². The van der Waals surface area contributed by atoms with E-state index in [2.05, 4.69) is 21.2 Å². The molecule has 2 rings (SSSR count). The summed E-state index contributed by atoms with van der Waals surface area (Å²) in [4.78, 5) is 0. The largest absolute Gasteiger partial charge is 0.387 e. The molecule has 0 aromatic heterocycles. The third-order valence-corrected chi connectivity index (χ3v) is 3.67. The van der Waals surface area contributed by atoms with E-state index in [1.54, 1.807) is 18.2 Å². The lowest BCUT2D eigenvalue weighted by Crippen LogP contribution is -2.12. The summed E-state index contributed by atoms with van der Waals surface area (Å²) < 4.78 is 26.7. The summed E-state index contributed by atoms with van der Waals surface area (Å²) in [5.41, 5.74) is 1.01. The molecule has 1 atom stereocenters. The fourth-order valence-electron chi connectivity index (χ4n) is 1.68. The zero-order chi connectivity index (χ0) is 14.7. The van der Waals surface area contributed by atoms with Crippen LogP contribution in [-0.4, -0.2) is 11.7 Å². The molecule has 0 amide bonds. The van der Waals surface area contributed by atoms with Crippen LogP contribution in [0, 0.1) is 11.6 Å². The molecule has 2 nitrogen and oxygen atoms in total. The molecule has 1 unspecified atom stereocenters. The Morgan fingerprint density at radius 3 is 2.60 bits per heavy atom. The first kappa shape index (κ1) is 15.2. The normalized spacial score (nSPS) is 12.2. The third-order valence-electron chi connectivity index (χ3n) is 2.74. The van der Waals surface area contributed by atoms with Crippen molar-refractivity contribution in [3.63, 3.8) is 0 Å². The van der Waals surface area contributed by atoms with Gasteiger partial charge in [0.25, 0.3) is 0 Å². The Morgan fingerprint density at radius 1 is 1.15 bits per heavy atom. The van der Waals surface area contributed by atoms with Crippen LogP contribution in [0.3, 0.4) is 0 Å². The fourth-order valence-corrected chi connectivity index (χ4v) is 2.24. The second-order valence-electron chi connectivity index (χ2n) is 4.19. The maximum Gasteiger partial charge on any atom is 0.159 e. The van der Waals surface area contributed by atoms with Crippen LogP contribution in [0.15, 0.2) is 40.9 Å². The molecular weight excluding hydrogens is 352 g/mol. The van der Waals surface area contributed by atoms with Gasteiger partial charge in [-0.3, -0.25) is 0 Å². The molecule has 2 aromatic carbocycles. The van der Waals surface area contributed by atoms with E-state index in [1.165, 1.54) is 6.07 Å². The van der Waals surface area contributed by atoms with Crippen LogP contribution in [0.4, 0.5) is 14.5 Å². The summed E-state index contributed by atoms with van der Waals surface area (Å²) in [6.07, 6.45) is -0.962. The first-order valence-electron chi connectivity index (χ1n) is 5.79. The molecule has 0 saturated heterocycles. The fraction of sp³-hybridized carbons (Fsp3) is 0.143. The van der Waals surface area contributed by atoms with Gasteiger partial charge in [-0.15, -0.1) is 0 Å². The average Bonchev–Trinajstić information content (AvgIpc) is 2.42. The molecule has 20 heavy (non-hydrogen) atoms. The van der Waals surface area contributed by atoms with Crippen molar-refractivity contribution in [1.29, 1.82) is 0 Å². The van der Waals surface area contributed by atoms with Crippen molar-refractivity contribution in [3.8, 4) is 0 Å². The highest BCUT2D eigenvalue weighted by molar-refractivity contribution is 9.10. The van der Waals surface area contributed by atoms with Crippen molar-refractivity contribution in [1.82, 2.24) is 0 Å². The predicted octanol–water partition coefficient (Wildman–Crippen LogP) is 4.53. The van der Waals surface area contributed by atoms with Gasteiger partial charge in [-0.1, -0.05) is 17.7 Å². The number of benzene rings is 2. The van der Waals surface area contributed by atoms with Crippen molar-refractivity contribution in [3.05, 3.63) is 63.1 Å². The monoisotopic (exact) mass is 361 g/mol. The summed E-state index contributed by atoms with van der Waals surface area (Å²) in [6, 6.07) is 8.51. The van der Waals surface area contributed by atoms with Crippen LogP contribution in [-0.2, 0) is 0 Å². The number of anilines is 1. The molecule has 6 heteroatoms. The minimum Gasteiger partial charge on any atom is -0.387 e. The maximum absolute atomic E-state index is 13.1. The van der Waals surface area contributed by atoms with Gasteiger partial charge < -0.3 is 10.4 Å². The molecule has 0 aliphatic rings. The van der Waals surface area contributed by atoms with Gasteiger partial charge in [0, 0.05) is 16.0 Å². The van der Waals surface area contributed by atoms with Gasteiger partial charge in [-0.2, -0.15) is 0 Å². The summed E-state index contributed by atoms with van der Waals surface area (Å²) in [6.45, 7) is 0.143. The summed E-state index contributed by atoms with van der Waals surface area (Å²) in [5, 5.41) is 13.5. The van der Waals surface area contributed by atoms with E-state index < -0.39 is 17.7 Å². The molecule has 106 valence electrons. The van der Waals surface area contributed by atoms with Crippen LogP contribution in [0.25, 0.3) is 0 Å². The maximum atomic E-state index is 13.1. The minimum absolute atomic E-state index is 0.143. The van der Waals surface area contributed by atoms with E-state index in [0.29, 0.717) is 16.3 Å². The highest BCUT2D eigenvalue weighted by atomic mass is 79.9. The Kier molecular flexibility index (Phi) is 4.96. The van der Waals surface area contributed by atoms with Crippen LogP contribution < -0.4 is 5.32 Å². The highest BCUT2D eigenvalue weighted by Gasteiger charge is 2.11. The lowest BCUT2D eigenvalue weighted by atomic mass is 10.1. The number of rotatable bonds is 4. The van der Waals surface area contributed by atoms with E-state index >= 15 is 0 Å². The van der Waals surface area contributed by atoms with Gasteiger partial charge in [0.15, 0.2) is 11.6 Å². The topological polar surface area (TPSA) is 32.3 Å². The molecule has 2 N–H and O–H groups in total. The van der Waals surface area contributed by atoms with E-state index in [-0.39, 0.29) is 6.54 Å². The first-order chi connectivity index (χ1) is 9.47. The molecule has 0 heterocycles. The summed E-state index contributed by atoms with van der Waals surface area (Å²) in [5.74, 6) is -1.92. The van der Waals surface area contributed by atoms with Gasteiger partial charge in [0.05, 0.1) is 11.8 Å². The van der Waals surface area contributed by atoms with Crippen LogP contribution in [0.1, 0.15) is 11.7 Å². The quantitative estimate of drug-likeness (QED) is 0.838. The van der Waals surface area contributed by atoms with E-state index in [0.717, 1.165) is 16.6 Å². The molecule has 0 radical (unpaired) electrons. The van der Waals surface area contributed by atoms with Gasteiger partial charge in [-0.25, -0.2) is 8.78 Å². The molecule has 0 spiro atoms. The Hall–Kier alpha value is -1.17. The Balaban J connectivity index is 2.06. The third kappa shape index (κ3) is 3.69. The standard InChI is InChI=1S/C14H11BrClF2NO/c15-10-3-2-9(16)6-13(10)19-7-14(20)8-1-4-11(17)12(18)5-8/h1-6,14,19-20H,7H2. The molecule has 0 saturated carbocycles. The van der Waals surface area contributed by atoms with Crippen molar-refractivity contribution >= 4 is 33.2 Å². The number of aliphatic hydroxyl groups excluding tert-OH is 1. The lowest BCUT2D eigenvalue weighted by Gasteiger charge is -2.14. The van der Waals surface area contributed by atoms with Gasteiger partial charge in [0.2, 0.25) is 0 Å². The Bertz CT molecular complexity index is 624. The van der Waals surface area contributed by atoms with Gasteiger partial charge >= 0.3 is 0 Å². The van der Waals surface area contributed by atoms with E-state index in [4.69, 9.17) is 11.6 Å². The number of hydrogen-bond acceptors (Lipinski definition) is 2. The van der Waals surface area contributed by atoms with Crippen molar-refractivity contribution in [2.45, 2.75) is 6.10 Å². The molecule has 0 bridgehead atoms. The van der Waals surface area contributed by atoms with E-state index in [1.807, 2.05) is 0 Å². The van der Waals surface area contributed by atoms with Crippen LogP contribution in [0.5, 0.6) is 0 Å². The van der Waals surface area contributed by atoms with Crippen LogP contribution in [0.2, 0.25) is 5.02 Å². The lowest BCUT2D eigenvalue weighted by molar-refractivity contribution is 0.191. The molecular formula is C14H11BrClF2NO. The minimum atomic E-state index is -0.981. The zero-order valence-corrected chi connectivity index (χ0v) is 12.5. The first-order valence-corrected chi connectivity index (χ1v) is 6.96. The second-order valence-corrected chi connectivity index (χ2v) is 5.49. The molecule has 0 aliphatic heterocycles. The van der Waals surface area contributed by atoms with Crippen molar-refractivity contribution in [2.75, 3.05) is 11.9 Å². The predicted molar refractivity (Wildman–Crippen MR) is 79.0 cm³/mol. The van der Waals surface area contributed by atoms with Crippen LogP contribution >= 0.6 is 27.5 Å². The number of nitrogens with one attached hydrogen (secondary N) is 1. The van der Waals surface area contributed by atoms with Gasteiger partial charge in [0.1, 0.15) is 0 Å². The smallest absolute Gasteiger partial charge is 0.159 e. The van der Waals surface area contributed by atoms with E-state index in [9.17, 15) is 13.9 Å². The molecule has 0 fully saturated rings. The van der Waals surface area contributed by atoms with Gasteiger partial charge in [-0.05, 0) is 51.8 Å². The zero-order valence-electron chi connectivity index (χ0n) is 10.2. The summed E-state index contributed by atoms with van der Waals surface area (Å²) >= 11 is 9.22. The molecule has 2 aromatic rings. The average molecular weight is 363 g/mol. The Morgan fingerprint density at radius 2 is 1.90 bits per heavy atom. The Labute approximate surface area is 128 Å². The second kappa shape index (κ2) is 6.52. The molecule has 0 aliphatic carbocycles.